The van der Waals surface area contributed by atoms with Crippen molar-refractivity contribution in [3.05, 3.63) is 28.0 Å². The quantitative estimate of drug-likeness (QED) is 0.646. The highest BCUT2D eigenvalue weighted by Gasteiger charge is 2.06. The van der Waals surface area contributed by atoms with Crippen LogP contribution in [0.5, 0.6) is 5.88 Å². The summed E-state index contributed by atoms with van der Waals surface area (Å²) in [4.78, 5) is 24.4. The Labute approximate surface area is 80.8 Å². The molecule has 0 aliphatic rings. The van der Waals surface area contributed by atoms with Gasteiger partial charge in [0.25, 0.3) is 11.5 Å². The monoisotopic (exact) mass is 196 g/mol. The average molecular weight is 196 g/mol. The summed E-state index contributed by atoms with van der Waals surface area (Å²) in [6.45, 7) is 2.47. The fraction of sp³-hybridized carbons (Fsp3) is 0.333. The Kier molecular flexibility index (Phi) is 3.28. The molecule has 1 heterocycles. The zero-order valence-corrected chi connectivity index (χ0v) is 7.83. The van der Waals surface area contributed by atoms with E-state index in [1.807, 2.05) is 6.92 Å². The van der Waals surface area contributed by atoms with Crippen molar-refractivity contribution < 1.29 is 9.90 Å². The molecular formula is C9H12N2O3. The highest BCUT2D eigenvalue weighted by Crippen LogP contribution is 2.03. The molecule has 1 amide bonds. The fourth-order valence-corrected chi connectivity index (χ4v) is 1.00. The van der Waals surface area contributed by atoms with Gasteiger partial charge in [0.2, 0.25) is 0 Å². The molecular weight excluding hydrogens is 184 g/mol. The molecule has 5 nitrogen and oxygen atoms in total. The first-order chi connectivity index (χ1) is 6.63. The third-order valence-electron chi connectivity index (χ3n) is 1.63. The maximum atomic E-state index is 11.3. The van der Waals surface area contributed by atoms with Crippen molar-refractivity contribution in [3.8, 4) is 5.88 Å². The Morgan fingerprint density at radius 3 is 2.86 bits per heavy atom. The van der Waals surface area contributed by atoms with Gasteiger partial charge in [-0.25, -0.2) is 0 Å². The van der Waals surface area contributed by atoms with Gasteiger partial charge in [-0.2, -0.15) is 0 Å². The van der Waals surface area contributed by atoms with Crippen LogP contribution in [0.2, 0.25) is 0 Å². The van der Waals surface area contributed by atoms with Crippen LogP contribution in [0.4, 0.5) is 0 Å². The molecule has 0 bridgehead atoms. The maximum absolute atomic E-state index is 11.3. The second-order valence-electron chi connectivity index (χ2n) is 2.87. The van der Waals surface area contributed by atoms with Gasteiger partial charge in [0.15, 0.2) is 5.88 Å². The van der Waals surface area contributed by atoms with E-state index >= 15 is 0 Å². The molecule has 0 aliphatic carbocycles. The Morgan fingerprint density at radius 2 is 2.29 bits per heavy atom. The number of aromatic amines is 1. The van der Waals surface area contributed by atoms with Crippen LogP contribution in [0.3, 0.4) is 0 Å². The van der Waals surface area contributed by atoms with E-state index in [4.69, 9.17) is 5.11 Å². The van der Waals surface area contributed by atoms with Gasteiger partial charge >= 0.3 is 0 Å². The molecule has 0 spiro atoms. The molecule has 1 aromatic rings. The zero-order chi connectivity index (χ0) is 10.6. The van der Waals surface area contributed by atoms with Gasteiger partial charge in [-0.15, -0.1) is 0 Å². The molecule has 0 saturated heterocycles. The summed E-state index contributed by atoms with van der Waals surface area (Å²) in [6, 6.07) is 2.36. The van der Waals surface area contributed by atoms with Gasteiger partial charge in [0.05, 0.1) is 5.56 Å². The van der Waals surface area contributed by atoms with Crippen molar-refractivity contribution in [2.75, 3.05) is 6.54 Å². The van der Waals surface area contributed by atoms with Crippen LogP contribution in [0.25, 0.3) is 0 Å². The van der Waals surface area contributed by atoms with Crippen LogP contribution in [0.15, 0.2) is 16.9 Å². The van der Waals surface area contributed by atoms with E-state index in [0.29, 0.717) is 6.54 Å². The summed E-state index contributed by atoms with van der Waals surface area (Å²) < 4.78 is 0. The van der Waals surface area contributed by atoms with Gasteiger partial charge in [-0.1, -0.05) is 6.92 Å². The number of aromatic nitrogens is 1. The first-order valence-electron chi connectivity index (χ1n) is 4.35. The number of carbonyl (C=O) groups is 1. The fourth-order valence-electron chi connectivity index (χ4n) is 1.00. The second kappa shape index (κ2) is 4.45. The van der Waals surface area contributed by atoms with Gasteiger partial charge < -0.3 is 10.4 Å². The zero-order valence-electron chi connectivity index (χ0n) is 7.83. The summed E-state index contributed by atoms with van der Waals surface area (Å²) in [7, 11) is 0. The van der Waals surface area contributed by atoms with E-state index in [0.717, 1.165) is 12.5 Å². The van der Waals surface area contributed by atoms with Crippen LogP contribution in [-0.4, -0.2) is 22.5 Å². The molecule has 5 heteroatoms. The van der Waals surface area contributed by atoms with Gasteiger partial charge in [0, 0.05) is 18.7 Å². The number of aromatic hydroxyl groups is 1. The Bertz CT molecular complexity index is 384. The lowest BCUT2D eigenvalue weighted by atomic mass is 10.2. The van der Waals surface area contributed by atoms with E-state index in [1.54, 1.807) is 0 Å². The standard InChI is InChI=1S/C9H12N2O3/c1-2-3-10-9(14)6-4-7(12)11-8(13)5-6/h4-5H,2-3H2,1H3,(H,10,14)(H2,11,12,13). The second-order valence-corrected chi connectivity index (χ2v) is 2.87. The Balaban J connectivity index is 2.84. The van der Waals surface area contributed by atoms with Crippen LogP contribution < -0.4 is 10.9 Å². The predicted octanol–water partition coefficient (Wildman–Crippen LogP) is 0.220. The predicted molar refractivity (Wildman–Crippen MR) is 51.4 cm³/mol. The van der Waals surface area contributed by atoms with E-state index in [1.165, 1.54) is 6.07 Å². The summed E-state index contributed by atoms with van der Waals surface area (Å²) in [5, 5.41) is 11.6. The number of hydrogen-bond acceptors (Lipinski definition) is 3. The number of nitrogens with one attached hydrogen (secondary N) is 2. The summed E-state index contributed by atoms with van der Waals surface area (Å²) >= 11 is 0. The SMILES string of the molecule is CCCNC(=O)c1cc(O)[nH]c(=O)c1. The smallest absolute Gasteiger partial charge is 0.251 e. The molecule has 14 heavy (non-hydrogen) atoms. The number of pyridine rings is 1. The third kappa shape index (κ3) is 2.62. The van der Waals surface area contributed by atoms with Gasteiger partial charge in [0.1, 0.15) is 0 Å². The van der Waals surface area contributed by atoms with E-state index in [2.05, 4.69) is 10.3 Å². The number of H-pyrrole nitrogens is 1. The molecule has 1 rings (SSSR count). The minimum atomic E-state index is -0.494. The van der Waals surface area contributed by atoms with E-state index < -0.39 is 5.56 Å². The van der Waals surface area contributed by atoms with E-state index in [-0.39, 0.29) is 17.4 Å². The summed E-state index contributed by atoms with van der Waals surface area (Å²) in [5.74, 6) is -0.660. The Morgan fingerprint density at radius 1 is 1.57 bits per heavy atom. The van der Waals surface area contributed by atoms with Crippen LogP contribution >= 0.6 is 0 Å². The molecule has 0 unspecified atom stereocenters. The molecule has 1 aromatic heterocycles. The molecule has 0 aromatic carbocycles. The summed E-state index contributed by atoms with van der Waals surface area (Å²) in [5.41, 5.74) is -0.327. The molecule has 3 N–H and O–H groups in total. The lowest BCUT2D eigenvalue weighted by Gasteiger charge is -2.02. The van der Waals surface area contributed by atoms with Crippen LogP contribution in [-0.2, 0) is 0 Å². The largest absolute Gasteiger partial charge is 0.494 e. The van der Waals surface area contributed by atoms with E-state index in [9.17, 15) is 9.59 Å². The first kappa shape index (κ1) is 10.3. The van der Waals surface area contributed by atoms with Crippen LogP contribution in [0.1, 0.15) is 23.7 Å². The highest BCUT2D eigenvalue weighted by molar-refractivity contribution is 5.94. The summed E-state index contributed by atoms with van der Waals surface area (Å²) in [6.07, 6.45) is 0.820. The first-order valence-corrected chi connectivity index (χ1v) is 4.35. The minimum Gasteiger partial charge on any atom is -0.494 e. The molecule has 0 radical (unpaired) electrons. The highest BCUT2D eigenvalue weighted by atomic mass is 16.3. The minimum absolute atomic E-state index is 0.166. The third-order valence-corrected chi connectivity index (χ3v) is 1.63. The lowest BCUT2D eigenvalue weighted by molar-refractivity contribution is 0.0953. The number of rotatable bonds is 3. The molecule has 0 fully saturated rings. The van der Waals surface area contributed by atoms with Crippen molar-refractivity contribution in [1.82, 2.24) is 10.3 Å². The van der Waals surface area contributed by atoms with Crippen molar-refractivity contribution in [3.63, 3.8) is 0 Å². The molecule has 0 saturated carbocycles. The topological polar surface area (TPSA) is 82.2 Å². The average Bonchev–Trinajstić information content (AvgIpc) is 2.12. The van der Waals surface area contributed by atoms with Gasteiger partial charge in [-0.3, -0.25) is 14.6 Å². The van der Waals surface area contributed by atoms with Crippen molar-refractivity contribution in [1.29, 1.82) is 0 Å². The molecule has 0 aliphatic heterocycles. The molecule has 76 valence electrons. The van der Waals surface area contributed by atoms with Crippen LogP contribution in [0, 0.1) is 0 Å². The number of amides is 1. The van der Waals surface area contributed by atoms with Gasteiger partial charge in [-0.05, 0) is 6.42 Å². The normalized spacial score (nSPS) is 9.79. The number of hydrogen-bond donors (Lipinski definition) is 3. The Hall–Kier alpha value is -1.78. The number of carbonyl (C=O) groups excluding carboxylic acids is 1. The van der Waals surface area contributed by atoms with Crippen molar-refractivity contribution in [2.45, 2.75) is 13.3 Å². The lowest BCUT2D eigenvalue weighted by Crippen LogP contribution is -2.25. The molecule has 0 atom stereocenters. The maximum Gasteiger partial charge on any atom is 0.251 e. The van der Waals surface area contributed by atoms with Crippen molar-refractivity contribution >= 4 is 5.91 Å². The van der Waals surface area contributed by atoms with Crippen molar-refractivity contribution in [2.24, 2.45) is 0 Å².